The van der Waals surface area contributed by atoms with E-state index >= 15 is 0 Å². The van der Waals surface area contributed by atoms with Gasteiger partial charge in [-0.3, -0.25) is 10.1 Å². The van der Waals surface area contributed by atoms with Crippen LogP contribution in [0.1, 0.15) is 5.56 Å². The van der Waals surface area contributed by atoms with Gasteiger partial charge in [-0.1, -0.05) is 40.9 Å². The number of nitro benzene ring substituents is 1. The number of nitrogens with zero attached hydrogens (tertiary/aromatic N) is 1. The molecule has 1 rings (SSSR count). The van der Waals surface area contributed by atoms with E-state index in [0.717, 1.165) is 18.2 Å². The lowest BCUT2D eigenvalue weighted by molar-refractivity contribution is -0.387. The molecule has 0 saturated carbocycles. The summed E-state index contributed by atoms with van der Waals surface area (Å²) in [6.45, 7) is -0.613. The summed E-state index contributed by atoms with van der Waals surface area (Å²) in [7, 11) is 0. The first-order chi connectivity index (χ1) is 11.0. The van der Waals surface area contributed by atoms with Crippen molar-refractivity contribution in [3.8, 4) is 0 Å². The molecule has 12 heteroatoms. The van der Waals surface area contributed by atoms with E-state index in [1.165, 1.54) is 0 Å². The highest BCUT2D eigenvalue weighted by Crippen LogP contribution is 2.26. The van der Waals surface area contributed by atoms with Crippen LogP contribution in [-0.4, -0.2) is 38.5 Å². The van der Waals surface area contributed by atoms with Crippen molar-refractivity contribution in [2.24, 2.45) is 0 Å². The third-order valence-corrected chi connectivity index (χ3v) is 2.93. The van der Waals surface area contributed by atoms with Gasteiger partial charge in [0.15, 0.2) is 0 Å². The average molecular weight is 404 g/mol. The van der Waals surface area contributed by atoms with Crippen molar-refractivity contribution in [1.82, 2.24) is 5.32 Å². The maximum absolute atomic E-state index is 13.3. The van der Waals surface area contributed by atoms with Gasteiger partial charge in [-0.05, 0) is 11.6 Å². The van der Waals surface area contributed by atoms with Gasteiger partial charge < -0.3 is 15.2 Å². The summed E-state index contributed by atoms with van der Waals surface area (Å²) < 4.78 is 15.9. The smallest absolute Gasteiger partial charge is 0.408 e. The lowest BCUT2D eigenvalue weighted by Gasteiger charge is -2.16. The molecule has 0 spiro atoms. The fourth-order valence-corrected chi connectivity index (χ4v) is 1.76. The van der Waals surface area contributed by atoms with E-state index in [9.17, 15) is 24.1 Å². The Morgan fingerprint density at radius 2 is 2.04 bits per heavy atom. The molecule has 0 fully saturated rings. The quantitative estimate of drug-likeness (QED) is 0.428. The van der Waals surface area contributed by atoms with Gasteiger partial charge in [0.1, 0.15) is 12.6 Å². The van der Waals surface area contributed by atoms with Crippen LogP contribution in [0.2, 0.25) is 0 Å². The molecule has 0 aliphatic carbocycles. The number of nitro groups is 1. The van der Waals surface area contributed by atoms with E-state index in [-0.39, 0.29) is 12.0 Å². The van der Waals surface area contributed by atoms with Crippen LogP contribution in [0, 0.1) is 15.9 Å². The van der Waals surface area contributed by atoms with E-state index < -0.39 is 44.9 Å². The molecule has 1 aromatic carbocycles. The number of halogens is 4. The van der Waals surface area contributed by atoms with Crippen molar-refractivity contribution in [2.45, 2.75) is 16.3 Å². The fraction of sp³-hybridized carbons (Fsp3) is 0.333. The number of nitrogens with one attached hydrogen (secondary N) is 1. The molecule has 132 valence electrons. The second-order valence-electron chi connectivity index (χ2n) is 4.47. The van der Waals surface area contributed by atoms with Crippen molar-refractivity contribution in [3.63, 3.8) is 0 Å². The summed E-state index contributed by atoms with van der Waals surface area (Å²) in [5, 5.41) is 21.8. The van der Waals surface area contributed by atoms with Crippen molar-refractivity contribution in [3.05, 3.63) is 39.7 Å². The monoisotopic (exact) mass is 402 g/mol. The third kappa shape index (κ3) is 6.73. The minimum absolute atomic E-state index is 0.122. The van der Waals surface area contributed by atoms with Gasteiger partial charge in [-0.15, -0.1) is 0 Å². The Morgan fingerprint density at radius 1 is 1.42 bits per heavy atom. The Kier molecular flexibility index (Phi) is 7.00. The number of benzene rings is 1. The number of hydrogen-bond acceptors (Lipinski definition) is 5. The zero-order valence-corrected chi connectivity index (χ0v) is 13.9. The van der Waals surface area contributed by atoms with Crippen molar-refractivity contribution < 1.29 is 28.7 Å². The second kappa shape index (κ2) is 8.32. The molecule has 0 bridgehead atoms. The number of rotatable bonds is 6. The van der Waals surface area contributed by atoms with Gasteiger partial charge in [0.25, 0.3) is 0 Å². The normalized spacial score (nSPS) is 12.3. The van der Waals surface area contributed by atoms with E-state index in [1.54, 1.807) is 0 Å². The molecule has 1 atom stereocenters. The van der Waals surface area contributed by atoms with E-state index in [4.69, 9.17) is 39.9 Å². The molecule has 0 aliphatic heterocycles. The lowest BCUT2D eigenvalue weighted by Crippen LogP contribution is -2.43. The Labute approximate surface area is 149 Å². The molecule has 1 amide bonds. The number of carbonyl (C=O) groups is 2. The molecule has 2 N–H and O–H groups in total. The standard InChI is InChI=1S/C12H10Cl3FN2O6/c13-12(14,15)5-24-11(21)17-8(10(19)20)3-6-1-2-7(16)9(4-6)18(22)23/h1-2,4,8H,3,5H2,(H,17,21)(H,19,20)/t8-/m1/s1. The molecule has 8 nitrogen and oxygen atoms in total. The molecule has 0 heterocycles. The van der Waals surface area contributed by atoms with Crippen molar-refractivity contribution >= 4 is 52.6 Å². The topological polar surface area (TPSA) is 119 Å². The summed E-state index contributed by atoms with van der Waals surface area (Å²) in [5.41, 5.74) is -0.687. The maximum atomic E-state index is 13.3. The van der Waals surface area contributed by atoms with Gasteiger partial charge in [0, 0.05) is 12.5 Å². The number of alkyl halides is 3. The molecule has 0 aliphatic rings. The van der Waals surface area contributed by atoms with Crippen LogP contribution >= 0.6 is 34.8 Å². The molecule has 0 unspecified atom stereocenters. The summed E-state index contributed by atoms with van der Waals surface area (Å²) in [4.78, 5) is 32.4. The summed E-state index contributed by atoms with van der Waals surface area (Å²) >= 11 is 16.1. The van der Waals surface area contributed by atoms with Crippen LogP contribution < -0.4 is 5.32 Å². The number of alkyl carbamates (subject to hydrolysis) is 1. The van der Waals surface area contributed by atoms with E-state index in [1.807, 2.05) is 5.32 Å². The van der Waals surface area contributed by atoms with Crippen LogP contribution in [0.5, 0.6) is 0 Å². The highest BCUT2D eigenvalue weighted by atomic mass is 35.6. The van der Waals surface area contributed by atoms with Gasteiger partial charge in [-0.25, -0.2) is 9.59 Å². The van der Waals surface area contributed by atoms with Crippen LogP contribution in [0.25, 0.3) is 0 Å². The molecule has 0 aromatic heterocycles. The number of carboxylic acid groups (broad SMARTS) is 1. The van der Waals surface area contributed by atoms with Crippen LogP contribution in [-0.2, 0) is 16.0 Å². The van der Waals surface area contributed by atoms with Crippen LogP contribution in [0.15, 0.2) is 18.2 Å². The largest absolute Gasteiger partial charge is 0.480 e. The first-order valence-electron chi connectivity index (χ1n) is 6.15. The average Bonchev–Trinajstić information content (AvgIpc) is 2.45. The summed E-state index contributed by atoms with van der Waals surface area (Å²) in [5.74, 6) is -2.50. The molecular weight excluding hydrogens is 393 g/mol. The Balaban J connectivity index is 2.80. The molecular formula is C12H10Cl3FN2O6. The zero-order chi connectivity index (χ0) is 18.5. The third-order valence-electron chi connectivity index (χ3n) is 2.60. The Bertz CT molecular complexity index is 652. The van der Waals surface area contributed by atoms with Gasteiger partial charge in [-0.2, -0.15) is 4.39 Å². The molecule has 24 heavy (non-hydrogen) atoms. The number of aliphatic carboxylic acids is 1. The molecule has 1 aromatic rings. The summed E-state index contributed by atoms with van der Waals surface area (Å²) in [6, 6.07) is 1.37. The number of hydrogen-bond donors (Lipinski definition) is 2. The predicted octanol–water partition coefficient (Wildman–Crippen LogP) is 2.83. The first-order valence-corrected chi connectivity index (χ1v) is 7.28. The number of amides is 1. The highest BCUT2D eigenvalue weighted by Gasteiger charge is 2.26. The minimum Gasteiger partial charge on any atom is -0.480 e. The van der Waals surface area contributed by atoms with Gasteiger partial charge >= 0.3 is 17.7 Å². The lowest BCUT2D eigenvalue weighted by atomic mass is 10.1. The summed E-state index contributed by atoms with van der Waals surface area (Å²) in [6.07, 6.45) is -1.51. The number of ether oxygens (including phenoxy) is 1. The highest BCUT2D eigenvalue weighted by molar-refractivity contribution is 6.67. The predicted molar refractivity (Wildman–Crippen MR) is 83.0 cm³/mol. The molecule has 0 radical (unpaired) electrons. The fourth-order valence-electron chi connectivity index (χ4n) is 1.59. The Hall–Kier alpha value is -1.84. The maximum Gasteiger partial charge on any atom is 0.408 e. The van der Waals surface area contributed by atoms with Crippen molar-refractivity contribution in [2.75, 3.05) is 6.61 Å². The van der Waals surface area contributed by atoms with Crippen LogP contribution in [0.4, 0.5) is 14.9 Å². The minimum atomic E-state index is -1.87. The first kappa shape index (κ1) is 20.2. The van der Waals surface area contributed by atoms with Gasteiger partial charge in [0.05, 0.1) is 4.92 Å². The van der Waals surface area contributed by atoms with E-state index in [2.05, 4.69) is 4.74 Å². The number of carboxylic acids is 1. The van der Waals surface area contributed by atoms with E-state index in [0.29, 0.717) is 0 Å². The Morgan fingerprint density at radius 3 is 2.54 bits per heavy atom. The number of carbonyl (C=O) groups excluding carboxylic acids is 1. The zero-order valence-electron chi connectivity index (χ0n) is 11.7. The second-order valence-corrected chi connectivity index (χ2v) is 6.99. The van der Waals surface area contributed by atoms with Crippen molar-refractivity contribution in [1.29, 1.82) is 0 Å². The van der Waals surface area contributed by atoms with Crippen LogP contribution in [0.3, 0.4) is 0 Å². The van der Waals surface area contributed by atoms with Gasteiger partial charge in [0.2, 0.25) is 9.61 Å². The molecule has 0 saturated heterocycles. The SMILES string of the molecule is O=C(N[C@H](Cc1ccc(F)c([N+](=O)[O-])c1)C(=O)O)OCC(Cl)(Cl)Cl.